The molecule has 0 saturated carbocycles. The monoisotopic (exact) mass is 223 g/mol. The zero-order valence-electron chi connectivity index (χ0n) is 10.0. The molecule has 0 aromatic carbocycles. The second-order valence-corrected chi connectivity index (χ2v) is 4.44. The average molecular weight is 223 g/mol. The molecular formula is C11H21N5. The summed E-state index contributed by atoms with van der Waals surface area (Å²) in [6, 6.07) is 0. The van der Waals surface area contributed by atoms with Crippen LogP contribution in [-0.2, 0) is 13.0 Å². The van der Waals surface area contributed by atoms with Crippen molar-refractivity contribution in [1.29, 1.82) is 0 Å². The Morgan fingerprint density at radius 3 is 2.69 bits per heavy atom. The highest BCUT2D eigenvalue weighted by Crippen LogP contribution is 2.11. The maximum atomic E-state index is 5.80. The highest BCUT2D eigenvalue weighted by Gasteiger charge is 2.13. The Labute approximate surface area is 96.6 Å². The van der Waals surface area contributed by atoms with Gasteiger partial charge in [0.1, 0.15) is 0 Å². The van der Waals surface area contributed by atoms with Crippen LogP contribution >= 0.6 is 0 Å². The van der Waals surface area contributed by atoms with Crippen molar-refractivity contribution < 1.29 is 0 Å². The lowest BCUT2D eigenvalue weighted by Gasteiger charge is -2.14. The molecule has 5 nitrogen and oxygen atoms in total. The lowest BCUT2D eigenvalue weighted by Crippen LogP contribution is -2.25. The number of aromatic nitrogens is 3. The van der Waals surface area contributed by atoms with Gasteiger partial charge in [-0.05, 0) is 32.4 Å². The quantitative estimate of drug-likeness (QED) is 0.806. The number of nitrogen functional groups attached to an aromatic ring is 1. The third kappa shape index (κ3) is 2.52. The van der Waals surface area contributed by atoms with Gasteiger partial charge in [-0.15, -0.1) is 5.10 Å². The maximum absolute atomic E-state index is 5.80. The highest BCUT2D eigenvalue weighted by molar-refractivity contribution is 5.32. The predicted octanol–water partition coefficient (Wildman–Crippen LogP) is 0.909. The van der Waals surface area contributed by atoms with Crippen LogP contribution in [0.3, 0.4) is 0 Å². The largest absolute Gasteiger partial charge is 0.381 e. The Morgan fingerprint density at radius 1 is 1.25 bits per heavy atom. The molecule has 16 heavy (non-hydrogen) atoms. The van der Waals surface area contributed by atoms with E-state index in [4.69, 9.17) is 5.73 Å². The molecule has 0 aliphatic carbocycles. The molecule has 90 valence electrons. The smallest absolute Gasteiger partial charge is 0.169 e. The SMILES string of the molecule is CCCc1c(N)nnn1CCN1CCCC1. The summed E-state index contributed by atoms with van der Waals surface area (Å²) in [5.74, 6) is 0.600. The number of nitrogens with zero attached hydrogens (tertiary/aromatic N) is 4. The topological polar surface area (TPSA) is 60.0 Å². The van der Waals surface area contributed by atoms with E-state index >= 15 is 0 Å². The molecule has 1 fully saturated rings. The molecule has 1 aromatic rings. The van der Waals surface area contributed by atoms with Crippen LogP contribution in [0.15, 0.2) is 0 Å². The molecule has 0 amide bonds. The van der Waals surface area contributed by atoms with E-state index < -0.39 is 0 Å². The van der Waals surface area contributed by atoms with Crippen LogP contribution in [0, 0.1) is 0 Å². The summed E-state index contributed by atoms with van der Waals surface area (Å²) in [4.78, 5) is 2.48. The van der Waals surface area contributed by atoms with Crippen molar-refractivity contribution >= 4 is 5.82 Å². The number of rotatable bonds is 5. The molecule has 5 heteroatoms. The van der Waals surface area contributed by atoms with Gasteiger partial charge < -0.3 is 10.6 Å². The molecule has 0 bridgehead atoms. The molecule has 0 unspecified atom stereocenters. The fourth-order valence-corrected chi connectivity index (χ4v) is 2.26. The van der Waals surface area contributed by atoms with Crippen molar-refractivity contribution in [2.75, 3.05) is 25.4 Å². The Hall–Kier alpha value is -1.10. The molecule has 1 saturated heterocycles. The summed E-state index contributed by atoms with van der Waals surface area (Å²) in [6.07, 6.45) is 4.72. The molecule has 2 N–H and O–H groups in total. The molecule has 0 radical (unpaired) electrons. The van der Waals surface area contributed by atoms with Crippen molar-refractivity contribution in [3.05, 3.63) is 5.69 Å². The van der Waals surface area contributed by atoms with Crippen molar-refractivity contribution in [1.82, 2.24) is 19.9 Å². The Balaban J connectivity index is 1.92. The molecule has 1 aliphatic heterocycles. The van der Waals surface area contributed by atoms with Crippen molar-refractivity contribution in [3.8, 4) is 0 Å². The standard InChI is InChI=1S/C11H21N5/c1-2-5-10-11(12)13-14-16(10)9-8-15-6-3-4-7-15/h2-9,12H2,1H3. The van der Waals surface area contributed by atoms with Crippen LogP contribution in [0.4, 0.5) is 5.82 Å². The van der Waals surface area contributed by atoms with E-state index in [1.807, 2.05) is 4.68 Å². The third-order valence-electron chi connectivity index (χ3n) is 3.18. The summed E-state index contributed by atoms with van der Waals surface area (Å²) in [7, 11) is 0. The van der Waals surface area contributed by atoms with Crippen LogP contribution in [0.2, 0.25) is 0 Å². The normalized spacial score (nSPS) is 17.1. The van der Waals surface area contributed by atoms with E-state index in [9.17, 15) is 0 Å². The lowest BCUT2D eigenvalue weighted by atomic mass is 10.2. The Morgan fingerprint density at radius 2 is 2.00 bits per heavy atom. The first-order valence-electron chi connectivity index (χ1n) is 6.21. The van der Waals surface area contributed by atoms with Gasteiger partial charge in [0.25, 0.3) is 0 Å². The minimum atomic E-state index is 0.600. The van der Waals surface area contributed by atoms with Gasteiger partial charge in [0, 0.05) is 6.54 Å². The highest BCUT2D eigenvalue weighted by atomic mass is 15.4. The molecule has 1 aliphatic rings. The molecule has 1 aromatic heterocycles. The predicted molar refractivity (Wildman–Crippen MR) is 64.1 cm³/mol. The van der Waals surface area contributed by atoms with Crippen molar-refractivity contribution in [2.45, 2.75) is 39.2 Å². The summed E-state index contributed by atoms with van der Waals surface area (Å²) in [5, 5.41) is 8.06. The zero-order chi connectivity index (χ0) is 11.4. The van der Waals surface area contributed by atoms with Gasteiger partial charge >= 0.3 is 0 Å². The summed E-state index contributed by atoms with van der Waals surface area (Å²) in [6.45, 7) is 6.59. The zero-order valence-corrected chi connectivity index (χ0v) is 10.0. The van der Waals surface area contributed by atoms with Gasteiger partial charge in [-0.3, -0.25) is 0 Å². The van der Waals surface area contributed by atoms with Crippen molar-refractivity contribution in [2.24, 2.45) is 0 Å². The van der Waals surface area contributed by atoms with Gasteiger partial charge in [-0.25, -0.2) is 4.68 Å². The van der Waals surface area contributed by atoms with Gasteiger partial charge in [0.15, 0.2) is 5.82 Å². The number of likely N-dealkylation sites (tertiary alicyclic amines) is 1. The fourth-order valence-electron chi connectivity index (χ4n) is 2.26. The summed E-state index contributed by atoms with van der Waals surface area (Å²) < 4.78 is 1.97. The Kier molecular flexibility index (Phi) is 3.77. The van der Waals surface area contributed by atoms with Crippen molar-refractivity contribution in [3.63, 3.8) is 0 Å². The van der Waals surface area contributed by atoms with Crippen LogP contribution in [0.5, 0.6) is 0 Å². The number of hydrogen-bond acceptors (Lipinski definition) is 4. The fraction of sp³-hybridized carbons (Fsp3) is 0.818. The molecule has 2 rings (SSSR count). The number of anilines is 1. The van der Waals surface area contributed by atoms with Crippen LogP contribution in [0.25, 0.3) is 0 Å². The van der Waals surface area contributed by atoms with E-state index in [0.29, 0.717) is 5.82 Å². The Bertz CT molecular complexity index is 327. The average Bonchev–Trinajstić information content (AvgIpc) is 2.89. The van der Waals surface area contributed by atoms with E-state index in [-0.39, 0.29) is 0 Å². The molecule has 2 heterocycles. The minimum absolute atomic E-state index is 0.600. The van der Waals surface area contributed by atoms with Gasteiger partial charge in [0.2, 0.25) is 0 Å². The van der Waals surface area contributed by atoms with E-state index in [1.165, 1.54) is 25.9 Å². The van der Waals surface area contributed by atoms with E-state index in [0.717, 1.165) is 31.6 Å². The lowest BCUT2D eigenvalue weighted by molar-refractivity contribution is 0.312. The number of nitrogens with two attached hydrogens (primary N) is 1. The molecule has 0 atom stereocenters. The minimum Gasteiger partial charge on any atom is -0.381 e. The van der Waals surface area contributed by atoms with Crippen LogP contribution in [-0.4, -0.2) is 39.5 Å². The van der Waals surface area contributed by atoms with Gasteiger partial charge in [0.05, 0.1) is 12.2 Å². The second kappa shape index (κ2) is 5.30. The summed E-state index contributed by atoms with van der Waals surface area (Å²) >= 11 is 0. The first kappa shape index (κ1) is 11.4. The molecular weight excluding hydrogens is 202 g/mol. The molecule has 0 spiro atoms. The first-order valence-corrected chi connectivity index (χ1v) is 6.21. The first-order chi connectivity index (χ1) is 7.81. The van der Waals surface area contributed by atoms with E-state index in [1.54, 1.807) is 0 Å². The van der Waals surface area contributed by atoms with E-state index in [2.05, 4.69) is 22.1 Å². The van der Waals surface area contributed by atoms with Crippen LogP contribution in [0.1, 0.15) is 31.9 Å². The maximum Gasteiger partial charge on any atom is 0.169 e. The van der Waals surface area contributed by atoms with Crippen LogP contribution < -0.4 is 5.73 Å². The van der Waals surface area contributed by atoms with Gasteiger partial charge in [-0.1, -0.05) is 18.6 Å². The summed E-state index contributed by atoms with van der Waals surface area (Å²) in [5.41, 5.74) is 6.90. The number of hydrogen-bond donors (Lipinski definition) is 1. The third-order valence-corrected chi connectivity index (χ3v) is 3.18. The van der Waals surface area contributed by atoms with Gasteiger partial charge in [-0.2, -0.15) is 0 Å². The second-order valence-electron chi connectivity index (χ2n) is 4.44.